The number of hydrogen-bond acceptors (Lipinski definition) is 3. The van der Waals surface area contributed by atoms with Gasteiger partial charge in [-0.15, -0.1) is 0 Å². The Morgan fingerprint density at radius 3 is 2.75 bits per heavy atom. The first kappa shape index (κ1) is 13.7. The molecule has 0 fully saturated rings. The molecule has 3 rings (SSSR count). The van der Waals surface area contributed by atoms with Gasteiger partial charge in [-0.05, 0) is 36.8 Å². The van der Waals surface area contributed by atoms with Gasteiger partial charge in [0.05, 0.1) is 17.1 Å². The summed E-state index contributed by atoms with van der Waals surface area (Å²) in [5, 5.41) is 10.5. The maximum absolute atomic E-state index is 9.63. The van der Waals surface area contributed by atoms with Crippen LogP contribution in [0.4, 0.5) is 0 Å². The van der Waals surface area contributed by atoms with Gasteiger partial charge in [0.2, 0.25) is 0 Å². The fourth-order valence-electron chi connectivity index (χ4n) is 2.00. The number of aromatic nitrogens is 2. The largest absolute Gasteiger partial charge is 0.389 e. The van der Waals surface area contributed by atoms with E-state index in [9.17, 15) is 5.11 Å². The molecule has 1 aromatic heterocycles. The lowest BCUT2D eigenvalue weighted by molar-refractivity contribution is 0.198. The molecule has 102 valence electrons. The van der Waals surface area contributed by atoms with E-state index in [0.717, 1.165) is 31.1 Å². The molecule has 2 N–H and O–H groups in total. The minimum absolute atomic E-state index is 0.477. The van der Waals surface area contributed by atoms with E-state index >= 15 is 0 Å². The predicted molar refractivity (Wildman–Crippen MR) is 85.0 cm³/mol. The van der Waals surface area contributed by atoms with Crippen LogP contribution in [0.5, 0.6) is 0 Å². The third-order valence-corrected chi connectivity index (χ3v) is 4.57. The van der Waals surface area contributed by atoms with E-state index in [4.69, 9.17) is 0 Å². The Balaban J connectivity index is 1.89. The molecule has 20 heavy (non-hydrogen) atoms. The van der Waals surface area contributed by atoms with Gasteiger partial charge in [-0.2, -0.15) is 0 Å². The summed E-state index contributed by atoms with van der Waals surface area (Å²) in [4.78, 5) is 8.90. The molecule has 0 saturated carbocycles. The Morgan fingerprint density at radius 2 is 2.05 bits per heavy atom. The Labute approximate surface area is 129 Å². The van der Waals surface area contributed by atoms with Crippen LogP contribution in [0.3, 0.4) is 0 Å². The van der Waals surface area contributed by atoms with Gasteiger partial charge >= 0.3 is 0 Å². The summed E-state index contributed by atoms with van der Waals surface area (Å²) < 4.78 is 0.911. The van der Waals surface area contributed by atoms with Crippen molar-refractivity contribution < 1.29 is 5.11 Å². The van der Waals surface area contributed by atoms with Crippen molar-refractivity contribution in [1.82, 2.24) is 9.97 Å². The summed E-state index contributed by atoms with van der Waals surface area (Å²) in [5.74, 6) is 0. The minimum Gasteiger partial charge on any atom is -0.389 e. The summed E-state index contributed by atoms with van der Waals surface area (Å²) in [6.45, 7) is 1.76. The molecule has 0 saturated heterocycles. The average Bonchev–Trinajstić information content (AvgIpc) is 2.80. The van der Waals surface area contributed by atoms with Gasteiger partial charge in [-0.3, -0.25) is 0 Å². The number of aliphatic hydroxyl groups is 1. The molecule has 1 heterocycles. The van der Waals surface area contributed by atoms with Gasteiger partial charge in [-0.25, -0.2) is 4.98 Å². The van der Waals surface area contributed by atoms with E-state index in [1.54, 1.807) is 18.7 Å². The lowest BCUT2D eigenvalue weighted by Gasteiger charge is -2.08. The lowest BCUT2D eigenvalue weighted by atomic mass is 10.1. The van der Waals surface area contributed by atoms with Crippen LogP contribution in [-0.4, -0.2) is 15.1 Å². The van der Waals surface area contributed by atoms with Crippen molar-refractivity contribution in [3.63, 3.8) is 0 Å². The molecule has 0 aliphatic heterocycles. The highest BCUT2D eigenvalue weighted by atomic mass is 79.9. The van der Waals surface area contributed by atoms with Crippen LogP contribution in [0, 0.1) is 0 Å². The second kappa shape index (κ2) is 5.60. The Kier molecular flexibility index (Phi) is 3.83. The van der Waals surface area contributed by atoms with Crippen LogP contribution in [0.15, 0.2) is 57.0 Å². The van der Waals surface area contributed by atoms with Crippen LogP contribution in [-0.2, 0) is 0 Å². The molecule has 0 spiro atoms. The molecule has 0 aliphatic rings. The van der Waals surface area contributed by atoms with Gasteiger partial charge in [0.1, 0.15) is 0 Å². The van der Waals surface area contributed by atoms with E-state index in [0.29, 0.717) is 0 Å². The second-order valence-corrected chi connectivity index (χ2v) is 6.44. The fourth-order valence-corrected chi connectivity index (χ4v) is 3.70. The molecule has 1 atom stereocenters. The number of para-hydroxylation sites is 2. The normalized spacial score (nSPS) is 12.8. The van der Waals surface area contributed by atoms with Crippen molar-refractivity contribution in [3.05, 3.63) is 52.5 Å². The molecular weight excluding hydrogens is 336 g/mol. The molecule has 0 unspecified atom stereocenters. The zero-order valence-corrected chi connectivity index (χ0v) is 13.2. The first-order valence-corrected chi connectivity index (χ1v) is 7.84. The van der Waals surface area contributed by atoms with Crippen molar-refractivity contribution >= 4 is 38.7 Å². The smallest absolute Gasteiger partial charge is 0.171 e. The topological polar surface area (TPSA) is 48.9 Å². The summed E-state index contributed by atoms with van der Waals surface area (Å²) in [6, 6.07) is 13.9. The molecular formula is C15H13BrN2OS. The van der Waals surface area contributed by atoms with Crippen LogP contribution < -0.4 is 0 Å². The van der Waals surface area contributed by atoms with E-state index in [-0.39, 0.29) is 0 Å². The first-order valence-electron chi connectivity index (χ1n) is 6.23. The number of fused-ring (bicyclic) bond motifs is 1. The number of rotatable bonds is 3. The molecule has 2 aromatic carbocycles. The van der Waals surface area contributed by atoms with Crippen molar-refractivity contribution in [1.29, 1.82) is 0 Å². The molecule has 3 aromatic rings. The van der Waals surface area contributed by atoms with Crippen molar-refractivity contribution in [2.24, 2.45) is 0 Å². The molecule has 0 bridgehead atoms. The standard InChI is InChI=1S/C15H13BrN2OS/c1-9(19)11-7-6-10(8-12(11)16)20-15-17-13-4-2-3-5-14(13)18-15/h2-9,19H,1H3,(H,17,18)/t9-/m0/s1. The average molecular weight is 349 g/mol. The van der Waals surface area contributed by atoms with Gasteiger partial charge in [-0.1, -0.05) is 45.9 Å². The highest BCUT2D eigenvalue weighted by molar-refractivity contribution is 9.10. The van der Waals surface area contributed by atoms with E-state index in [1.165, 1.54) is 0 Å². The number of H-pyrrole nitrogens is 1. The SMILES string of the molecule is C[C@H](O)c1ccc(Sc2nc3ccccc3[nH]2)cc1Br. The molecule has 0 radical (unpaired) electrons. The second-order valence-electron chi connectivity index (χ2n) is 4.52. The summed E-state index contributed by atoms with van der Waals surface area (Å²) in [7, 11) is 0. The fraction of sp³-hybridized carbons (Fsp3) is 0.133. The number of nitrogens with zero attached hydrogens (tertiary/aromatic N) is 1. The van der Waals surface area contributed by atoms with Crippen molar-refractivity contribution in [2.45, 2.75) is 23.1 Å². The highest BCUT2D eigenvalue weighted by Crippen LogP contribution is 2.32. The quantitative estimate of drug-likeness (QED) is 0.730. The number of benzene rings is 2. The lowest BCUT2D eigenvalue weighted by Crippen LogP contribution is -1.92. The predicted octanol–water partition coefficient (Wildman–Crippen LogP) is 4.53. The zero-order chi connectivity index (χ0) is 14.1. The molecule has 0 aliphatic carbocycles. The summed E-state index contributed by atoms with van der Waals surface area (Å²) >= 11 is 5.06. The Hall–Kier alpha value is -1.30. The van der Waals surface area contributed by atoms with Gasteiger partial charge < -0.3 is 10.1 Å². The zero-order valence-electron chi connectivity index (χ0n) is 10.8. The molecule has 5 heteroatoms. The summed E-state index contributed by atoms with van der Waals surface area (Å²) in [6.07, 6.45) is -0.477. The Morgan fingerprint density at radius 1 is 1.25 bits per heavy atom. The monoisotopic (exact) mass is 348 g/mol. The minimum atomic E-state index is -0.477. The first-order chi connectivity index (χ1) is 9.63. The van der Waals surface area contributed by atoms with Crippen LogP contribution in [0.2, 0.25) is 0 Å². The van der Waals surface area contributed by atoms with E-state index in [1.807, 2.05) is 42.5 Å². The number of imidazole rings is 1. The highest BCUT2D eigenvalue weighted by Gasteiger charge is 2.09. The summed E-state index contributed by atoms with van der Waals surface area (Å²) in [5.41, 5.74) is 2.89. The maximum atomic E-state index is 9.63. The van der Waals surface area contributed by atoms with Gasteiger partial charge in [0, 0.05) is 9.37 Å². The van der Waals surface area contributed by atoms with Crippen LogP contribution in [0.25, 0.3) is 11.0 Å². The van der Waals surface area contributed by atoms with E-state index in [2.05, 4.69) is 25.9 Å². The van der Waals surface area contributed by atoms with E-state index < -0.39 is 6.10 Å². The number of halogens is 1. The Bertz CT molecular complexity index is 721. The van der Waals surface area contributed by atoms with Crippen LogP contribution >= 0.6 is 27.7 Å². The number of hydrogen-bond donors (Lipinski definition) is 2. The van der Waals surface area contributed by atoms with Crippen molar-refractivity contribution in [2.75, 3.05) is 0 Å². The van der Waals surface area contributed by atoms with Crippen molar-refractivity contribution in [3.8, 4) is 0 Å². The number of nitrogens with one attached hydrogen (secondary N) is 1. The third kappa shape index (κ3) is 2.75. The van der Waals surface area contributed by atoms with Crippen LogP contribution in [0.1, 0.15) is 18.6 Å². The maximum Gasteiger partial charge on any atom is 0.171 e. The molecule has 0 amide bonds. The van der Waals surface area contributed by atoms with Gasteiger partial charge in [0.15, 0.2) is 5.16 Å². The van der Waals surface area contributed by atoms with Gasteiger partial charge in [0.25, 0.3) is 0 Å². The third-order valence-electron chi connectivity index (χ3n) is 3.00. The molecule has 3 nitrogen and oxygen atoms in total. The number of aliphatic hydroxyl groups excluding tert-OH is 1. The number of aromatic amines is 1.